The highest BCUT2D eigenvalue weighted by Gasteiger charge is 2.26. The molecule has 2 aromatic heterocycles. The van der Waals surface area contributed by atoms with Crippen LogP contribution in [0.2, 0.25) is 0 Å². The second-order valence-electron chi connectivity index (χ2n) is 6.11. The number of anilines is 2. The average molecular weight is 357 g/mol. The molecule has 3 heterocycles. The maximum atomic E-state index is 13.9. The minimum Gasteiger partial charge on any atom is -0.494 e. The summed E-state index contributed by atoms with van der Waals surface area (Å²) >= 11 is 0. The highest BCUT2D eigenvalue weighted by Crippen LogP contribution is 2.29. The van der Waals surface area contributed by atoms with Gasteiger partial charge < -0.3 is 15.0 Å². The van der Waals surface area contributed by atoms with E-state index in [1.54, 1.807) is 18.3 Å². The molecule has 1 N–H and O–H groups in total. The number of rotatable bonds is 4. The molecule has 0 spiro atoms. The molecule has 1 fully saturated rings. The number of fused-ring (bicyclic) bond motifs is 1. The third-order valence-electron chi connectivity index (χ3n) is 4.48. The molecule has 0 bridgehead atoms. The summed E-state index contributed by atoms with van der Waals surface area (Å²) in [4.78, 5) is 14.4. The van der Waals surface area contributed by atoms with Crippen LogP contribution in [0.3, 0.4) is 0 Å². The molecule has 26 heavy (non-hydrogen) atoms. The number of nitrogens with one attached hydrogen (secondary N) is 1. The maximum Gasteiger partial charge on any atom is 0.167 e. The van der Waals surface area contributed by atoms with E-state index in [2.05, 4.69) is 20.3 Å². The number of halogens is 2. The molecule has 134 valence electrons. The minimum absolute atomic E-state index is 0.0607. The predicted octanol–water partition coefficient (Wildman–Crippen LogP) is 3.00. The lowest BCUT2D eigenvalue weighted by molar-refractivity contribution is 0.387. The minimum atomic E-state index is -0.470. The lowest BCUT2D eigenvalue weighted by atomic mass is 10.2. The van der Waals surface area contributed by atoms with Crippen molar-refractivity contribution in [2.45, 2.75) is 12.5 Å². The van der Waals surface area contributed by atoms with Gasteiger partial charge in [0.1, 0.15) is 12.1 Å². The number of hydrogen-bond donors (Lipinski definition) is 1. The number of pyridine rings is 1. The van der Waals surface area contributed by atoms with E-state index in [0.29, 0.717) is 35.6 Å². The van der Waals surface area contributed by atoms with Gasteiger partial charge in [-0.25, -0.2) is 23.7 Å². The number of benzene rings is 1. The summed E-state index contributed by atoms with van der Waals surface area (Å²) in [7, 11) is 1.41. The summed E-state index contributed by atoms with van der Waals surface area (Å²) in [6.45, 7) is 1.28. The molecule has 4 rings (SSSR count). The lowest BCUT2D eigenvalue weighted by Gasteiger charge is -2.19. The molecule has 1 aromatic carbocycles. The molecule has 1 atom stereocenters. The Bertz CT molecular complexity index is 952. The van der Waals surface area contributed by atoms with Crippen molar-refractivity contribution >= 4 is 22.5 Å². The summed E-state index contributed by atoms with van der Waals surface area (Å²) in [5.41, 5.74) is 0.492. The summed E-state index contributed by atoms with van der Waals surface area (Å²) in [6.07, 6.45) is 3.78. The molecule has 6 nitrogen and oxygen atoms in total. The van der Waals surface area contributed by atoms with Crippen LogP contribution < -0.4 is 15.0 Å². The largest absolute Gasteiger partial charge is 0.494 e. The van der Waals surface area contributed by atoms with Gasteiger partial charge in [-0.2, -0.15) is 0 Å². The van der Waals surface area contributed by atoms with E-state index < -0.39 is 5.82 Å². The van der Waals surface area contributed by atoms with Gasteiger partial charge in [-0.05, 0) is 24.6 Å². The Balaban J connectivity index is 1.57. The third kappa shape index (κ3) is 2.98. The molecule has 0 amide bonds. The monoisotopic (exact) mass is 357 g/mol. The highest BCUT2D eigenvalue weighted by molar-refractivity contribution is 5.90. The van der Waals surface area contributed by atoms with Gasteiger partial charge in [0.15, 0.2) is 23.2 Å². The van der Waals surface area contributed by atoms with Crippen LogP contribution in [0.5, 0.6) is 5.75 Å². The zero-order valence-electron chi connectivity index (χ0n) is 14.1. The highest BCUT2D eigenvalue weighted by atomic mass is 19.1. The molecule has 0 aliphatic carbocycles. The van der Waals surface area contributed by atoms with E-state index >= 15 is 0 Å². The van der Waals surface area contributed by atoms with Crippen molar-refractivity contribution in [3.8, 4) is 5.75 Å². The molecule has 0 saturated carbocycles. The van der Waals surface area contributed by atoms with Crippen LogP contribution in [0.15, 0.2) is 36.8 Å². The van der Waals surface area contributed by atoms with E-state index in [4.69, 9.17) is 4.74 Å². The SMILES string of the molecule is COc1cc2c(NC3CCN(c4ncccc4F)C3)ncnc2cc1F. The predicted molar refractivity (Wildman–Crippen MR) is 94.5 cm³/mol. The van der Waals surface area contributed by atoms with Gasteiger partial charge >= 0.3 is 0 Å². The Morgan fingerprint density at radius 3 is 2.88 bits per heavy atom. The van der Waals surface area contributed by atoms with E-state index in [1.807, 2.05) is 4.90 Å². The molecule has 1 aliphatic rings. The maximum absolute atomic E-state index is 13.9. The van der Waals surface area contributed by atoms with Crippen LogP contribution >= 0.6 is 0 Å². The van der Waals surface area contributed by atoms with E-state index in [9.17, 15) is 8.78 Å². The van der Waals surface area contributed by atoms with Gasteiger partial charge in [0.2, 0.25) is 0 Å². The van der Waals surface area contributed by atoms with Crippen LogP contribution in [-0.4, -0.2) is 41.2 Å². The van der Waals surface area contributed by atoms with Crippen molar-refractivity contribution in [3.63, 3.8) is 0 Å². The Labute approximate surface area is 148 Å². The Hall–Kier alpha value is -3.03. The zero-order valence-corrected chi connectivity index (χ0v) is 14.1. The van der Waals surface area contributed by atoms with Crippen molar-refractivity contribution in [1.29, 1.82) is 0 Å². The fourth-order valence-electron chi connectivity index (χ4n) is 3.20. The van der Waals surface area contributed by atoms with Gasteiger partial charge in [-0.1, -0.05) is 0 Å². The normalized spacial score (nSPS) is 16.9. The third-order valence-corrected chi connectivity index (χ3v) is 4.48. The zero-order chi connectivity index (χ0) is 18.1. The van der Waals surface area contributed by atoms with Crippen molar-refractivity contribution in [3.05, 3.63) is 48.4 Å². The molecular formula is C18H17F2N5O. The van der Waals surface area contributed by atoms with Crippen molar-refractivity contribution in [1.82, 2.24) is 15.0 Å². The van der Waals surface area contributed by atoms with Gasteiger partial charge in [0.05, 0.1) is 12.6 Å². The number of hydrogen-bond acceptors (Lipinski definition) is 6. The molecule has 1 unspecified atom stereocenters. The van der Waals surface area contributed by atoms with Crippen LogP contribution in [0, 0.1) is 11.6 Å². The summed E-state index contributed by atoms with van der Waals surface area (Å²) < 4.78 is 32.9. The fourth-order valence-corrected chi connectivity index (χ4v) is 3.20. The second kappa shape index (κ2) is 6.70. The van der Waals surface area contributed by atoms with Crippen molar-refractivity contribution in [2.24, 2.45) is 0 Å². The first-order valence-corrected chi connectivity index (χ1v) is 8.26. The van der Waals surface area contributed by atoms with E-state index in [1.165, 1.54) is 25.6 Å². The Kier molecular flexibility index (Phi) is 4.24. The Morgan fingerprint density at radius 1 is 1.19 bits per heavy atom. The summed E-state index contributed by atoms with van der Waals surface area (Å²) in [5, 5.41) is 4.03. The molecule has 8 heteroatoms. The average Bonchev–Trinajstić information content (AvgIpc) is 3.10. The van der Waals surface area contributed by atoms with Crippen LogP contribution in [0.25, 0.3) is 10.9 Å². The fraction of sp³-hybridized carbons (Fsp3) is 0.278. The number of methoxy groups -OCH3 is 1. The first-order chi connectivity index (χ1) is 12.7. The number of nitrogens with zero attached hydrogens (tertiary/aromatic N) is 4. The first-order valence-electron chi connectivity index (χ1n) is 8.26. The smallest absolute Gasteiger partial charge is 0.167 e. The van der Waals surface area contributed by atoms with Crippen molar-refractivity contribution < 1.29 is 13.5 Å². The lowest BCUT2D eigenvalue weighted by Crippen LogP contribution is -2.27. The molecule has 3 aromatic rings. The second-order valence-corrected chi connectivity index (χ2v) is 6.11. The summed E-state index contributed by atoms with van der Waals surface area (Å²) in [5.74, 6) is 0.289. The van der Waals surface area contributed by atoms with E-state index in [-0.39, 0.29) is 17.6 Å². The van der Waals surface area contributed by atoms with Crippen LogP contribution in [0.4, 0.5) is 20.4 Å². The standard InChI is InChI=1S/C18H17F2N5O/c1-26-16-7-12-15(8-14(16)20)22-10-23-17(12)24-11-4-6-25(9-11)18-13(19)3-2-5-21-18/h2-3,5,7-8,10-11H,4,6,9H2,1H3,(H,22,23,24). The molecule has 0 radical (unpaired) electrons. The molecule has 1 saturated heterocycles. The first kappa shape index (κ1) is 16.4. The van der Waals surface area contributed by atoms with Gasteiger partial charge in [-0.3, -0.25) is 0 Å². The number of aromatic nitrogens is 3. The van der Waals surface area contributed by atoms with Gasteiger partial charge in [0, 0.05) is 36.8 Å². The van der Waals surface area contributed by atoms with Crippen LogP contribution in [0.1, 0.15) is 6.42 Å². The molecular weight excluding hydrogens is 340 g/mol. The quantitative estimate of drug-likeness (QED) is 0.774. The van der Waals surface area contributed by atoms with Gasteiger partial charge in [-0.15, -0.1) is 0 Å². The van der Waals surface area contributed by atoms with Crippen LogP contribution in [-0.2, 0) is 0 Å². The van der Waals surface area contributed by atoms with Crippen molar-refractivity contribution in [2.75, 3.05) is 30.4 Å². The Morgan fingerprint density at radius 2 is 2.08 bits per heavy atom. The van der Waals surface area contributed by atoms with Gasteiger partial charge in [0.25, 0.3) is 0 Å². The molecule has 1 aliphatic heterocycles. The van der Waals surface area contributed by atoms with E-state index in [0.717, 1.165) is 6.42 Å². The number of ether oxygens (including phenoxy) is 1. The summed E-state index contributed by atoms with van der Waals surface area (Å²) in [6, 6.07) is 5.95. The topological polar surface area (TPSA) is 63.2 Å².